The zero-order valence-corrected chi connectivity index (χ0v) is 11.8. The predicted molar refractivity (Wildman–Crippen MR) is 73.4 cm³/mol. The second-order valence-electron chi connectivity index (χ2n) is 4.68. The van der Waals surface area contributed by atoms with Gasteiger partial charge >= 0.3 is 0 Å². The maximum atomic E-state index is 13.6. The van der Waals surface area contributed by atoms with Crippen LogP contribution in [0, 0.1) is 23.3 Å². The predicted octanol–water partition coefficient (Wildman–Crippen LogP) is 4.58. The highest BCUT2D eigenvalue weighted by Crippen LogP contribution is 2.30. The highest BCUT2D eigenvalue weighted by molar-refractivity contribution is 5.79. The van der Waals surface area contributed by atoms with Gasteiger partial charge < -0.3 is 13.9 Å². The molecule has 3 aromatic rings. The van der Waals surface area contributed by atoms with Gasteiger partial charge in [0.1, 0.15) is 23.9 Å². The number of halogens is 4. The molecule has 1 aromatic heterocycles. The number of fused-ring (bicyclic) bond motifs is 1. The SMILES string of the molecule is COc1ccc(OCc2cc3c(F)c(F)c(F)c(F)c3o2)cc1. The van der Waals surface area contributed by atoms with E-state index >= 15 is 0 Å². The molecular formula is C16H10F4O3. The van der Waals surface area contributed by atoms with E-state index in [1.807, 2.05) is 0 Å². The van der Waals surface area contributed by atoms with E-state index in [0.717, 1.165) is 6.07 Å². The van der Waals surface area contributed by atoms with Crippen LogP contribution in [0.1, 0.15) is 5.76 Å². The summed E-state index contributed by atoms with van der Waals surface area (Å²) in [6, 6.07) is 7.65. The van der Waals surface area contributed by atoms with Crippen molar-refractivity contribution in [3.8, 4) is 11.5 Å². The molecule has 0 radical (unpaired) electrons. The smallest absolute Gasteiger partial charge is 0.205 e. The van der Waals surface area contributed by atoms with Crippen molar-refractivity contribution in [2.45, 2.75) is 6.61 Å². The fraction of sp³-hybridized carbons (Fsp3) is 0.125. The summed E-state index contributed by atoms with van der Waals surface area (Å²) >= 11 is 0. The fourth-order valence-electron chi connectivity index (χ4n) is 2.08. The van der Waals surface area contributed by atoms with Crippen LogP contribution in [0.4, 0.5) is 17.6 Å². The largest absolute Gasteiger partial charge is 0.497 e. The van der Waals surface area contributed by atoms with Gasteiger partial charge in [-0.3, -0.25) is 0 Å². The van der Waals surface area contributed by atoms with Crippen molar-refractivity contribution in [1.29, 1.82) is 0 Å². The van der Waals surface area contributed by atoms with E-state index in [0.29, 0.717) is 11.5 Å². The van der Waals surface area contributed by atoms with E-state index in [1.165, 1.54) is 7.11 Å². The Morgan fingerprint density at radius 1 is 0.870 bits per heavy atom. The summed E-state index contributed by atoms with van der Waals surface area (Å²) in [4.78, 5) is 0. The van der Waals surface area contributed by atoms with Crippen molar-refractivity contribution in [1.82, 2.24) is 0 Å². The molecule has 0 unspecified atom stereocenters. The standard InChI is InChI=1S/C16H10F4O3/c1-21-8-2-4-9(5-3-8)22-7-10-6-11-12(17)13(18)14(19)15(20)16(11)23-10/h2-6H,7H2,1H3. The molecule has 3 rings (SSSR count). The number of rotatable bonds is 4. The summed E-state index contributed by atoms with van der Waals surface area (Å²) in [5, 5.41) is -0.477. The molecule has 0 N–H and O–H groups in total. The monoisotopic (exact) mass is 326 g/mol. The molecule has 0 saturated heterocycles. The highest BCUT2D eigenvalue weighted by atomic mass is 19.2. The molecule has 0 aliphatic rings. The summed E-state index contributed by atoms with van der Waals surface area (Å²) in [7, 11) is 1.52. The maximum Gasteiger partial charge on any atom is 0.205 e. The van der Waals surface area contributed by atoms with Gasteiger partial charge in [0, 0.05) is 0 Å². The van der Waals surface area contributed by atoms with Crippen molar-refractivity contribution < 1.29 is 31.5 Å². The molecule has 0 spiro atoms. The van der Waals surface area contributed by atoms with Gasteiger partial charge in [-0.25, -0.2) is 13.2 Å². The van der Waals surface area contributed by atoms with Gasteiger partial charge in [-0.1, -0.05) is 0 Å². The number of ether oxygens (including phenoxy) is 2. The number of furan rings is 1. The molecule has 0 atom stereocenters. The first kappa shape index (κ1) is 15.2. The third-order valence-corrected chi connectivity index (χ3v) is 3.24. The van der Waals surface area contributed by atoms with Gasteiger partial charge in [-0.05, 0) is 30.3 Å². The average molecular weight is 326 g/mol. The number of hydrogen-bond donors (Lipinski definition) is 0. The Morgan fingerprint density at radius 2 is 1.48 bits per heavy atom. The molecule has 7 heteroatoms. The van der Waals surface area contributed by atoms with Gasteiger partial charge in [-0.15, -0.1) is 0 Å². The molecule has 0 amide bonds. The molecule has 2 aromatic carbocycles. The molecule has 3 nitrogen and oxygen atoms in total. The Labute approximate surface area is 128 Å². The third kappa shape index (κ3) is 2.69. The lowest BCUT2D eigenvalue weighted by molar-refractivity contribution is 0.273. The minimum Gasteiger partial charge on any atom is -0.497 e. The van der Waals surface area contributed by atoms with Crippen LogP contribution in [0.2, 0.25) is 0 Å². The number of benzene rings is 2. The lowest BCUT2D eigenvalue weighted by Crippen LogP contribution is -1.95. The van der Waals surface area contributed by atoms with Gasteiger partial charge in [0.25, 0.3) is 0 Å². The Balaban J connectivity index is 1.86. The Morgan fingerprint density at radius 3 is 2.13 bits per heavy atom. The van der Waals surface area contributed by atoms with E-state index in [1.54, 1.807) is 24.3 Å². The quantitative estimate of drug-likeness (QED) is 0.400. The van der Waals surface area contributed by atoms with Crippen LogP contribution in [0.3, 0.4) is 0 Å². The van der Waals surface area contributed by atoms with Crippen molar-refractivity contribution in [3.05, 3.63) is 59.4 Å². The number of methoxy groups -OCH3 is 1. The molecule has 0 fully saturated rings. The average Bonchev–Trinajstić information content (AvgIpc) is 3.01. The molecule has 0 aliphatic heterocycles. The normalized spacial score (nSPS) is 11.0. The van der Waals surface area contributed by atoms with Gasteiger partial charge in [-0.2, -0.15) is 4.39 Å². The molecule has 0 bridgehead atoms. The topological polar surface area (TPSA) is 31.6 Å². The Bertz CT molecular complexity index is 811. The Hall–Kier alpha value is -2.70. The van der Waals surface area contributed by atoms with Crippen molar-refractivity contribution in [2.75, 3.05) is 7.11 Å². The van der Waals surface area contributed by atoms with Crippen LogP contribution in [-0.2, 0) is 6.61 Å². The molecule has 0 aliphatic carbocycles. The van der Waals surface area contributed by atoms with Crippen molar-refractivity contribution >= 4 is 11.0 Å². The van der Waals surface area contributed by atoms with Crippen LogP contribution < -0.4 is 9.47 Å². The van der Waals surface area contributed by atoms with Gasteiger partial charge in [0.2, 0.25) is 11.6 Å². The summed E-state index contributed by atoms with van der Waals surface area (Å²) < 4.78 is 68.9. The zero-order valence-electron chi connectivity index (χ0n) is 11.8. The molecule has 1 heterocycles. The first-order valence-corrected chi connectivity index (χ1v) is 6.52. The van der Waals surface area contributed by atoms with Crippen LogP contribution >= 0.6 is 0 Å². The van der Waals surface area contributed by atoms with E-state index in [2.05, 4.69) is 0 Å². The second kappa shape index (κ2) is 5.83. The first-order valence-electron chi connectivity index (χ1n) is 6.52. The van der Waals surface area contributed by atoms with Crippen molar-refractivity contribution in [3.63, 3.8) is 0 Å². The maximum absolute atomic E-state index is 13.6. The van der Waals surface area contributed by atoms with Crippen LogP contribution in [0.5, 0.6) is 11.5 Å². The third-order valence-electron chi connectivity index (χ3n) is 3.24. The van der Waals surface area contributed by atoms with E-state index in [9.17, 15) is 17.6 Å². The van der Waals surface area contributed by atoms with Crippen LogP contribution in [0.25, 0.3) is 11.0 Å². The molecule has 23 heavy (non-hydrogen) atoms. The molecule has 0 saturated carbocycles. The lowest BCUT2D eigenvalue weighted by Gasteiger charge is -2.05. The van der Waals surface area contributed by atoms with Gasteiger partial charge in [0.15, 0.2) is 17.2 Å². The Kier molecular flexibility index (Phi) is 3.85. The van der Waals surface area contributed by atoms with E-state index in [4.69, 9.17) is 13.9 Å². The summed E-state index contributed by atoms with van der Waals surface area (Å²) in [5.41, 5.74) is -0.685. The molecule has 120 valence electrons. The minimum absolute atomic E-state index is 0.0265. The summed E-state index contributed by atoms with van der Waals surface area (Å²) in [5.74, 6) is -5.74. The van der Waals surface area contributed by atoms with E-state index in [-0.39, 0.29) is 12.4 Å². The number of hydrogen-bond acceptors (Lipinski definition) is 3. The lowest BCUT2D eigenvalue weighted by atomic mass is 10.2. The van der Waals surface area contributed by atoms with Crippen molar-refractivity contribution in [2.24, 2.45) is 0 Å². The van der Waals surface area contributed by atoms with Gasteiger partial charge in [0.05, 0.1) is 12.5 Å². The summed E-state index contributed by atoms with van der Waals surface area (Å²) in [6.07, 6.45) is 0. The second-order valence-corrected chi connectivity index (χ2v) is 4.68. The highest BCUT2D eigenvalue weighted by Gasteiger charge is 2.24. The van der Waals surface area contributed by atoms with E-state index < -0.39 is 34.2 Å². The molecular weight excluding hydrogens is 316 g/mol. The zero-order chi connectivity index (χ0) is 16.6. The van der Waals surface area contributed by atoms with Crippen LogP contribution in [-0.4, -0.2) is 7.11 Å². The van der Waals surface area contributed by atoms with Crippen LogP contribution in [0.15, 0.2) is 34.7 Å². The summed E-state index contributed by atoms with van der Waals surface area (Å²) in [6.45, 7) is -0.164. The first-order chi connectivity index (χ1) is 11.0. The fourth-order valence-corrected chi connectivity index (χ4v) is 2.08. The minimum atomic E-state index is -1.91.